The molecular formula is C16H15NO3S. The lowest BCUT2D eigenvalue weighted by Gasteiger charge is -1.96. The van der Waals surface area contributed by atoms with Crippen molar-refractivity contribution in [1.29, 1.82) is 0 Å². The molecule has 3 rings (SSSR count). The van der Waals surface area contributed by atoms with Gasteiger partial charge < -0.3 is 9.15 Å². The van der Waals surface area contributed by atoms with Crippen LogP contribution in [0, 0.1) is 6.92 Å². The lowest BCUT2D eigenvalue weighted by molar-refractivity contribution is -0.140. The van der Waals surface area contributed by atoms with Crippen LogP contribution in [0.25, 0.3) is 21.5 Å². The van der Waals surface area contributed by atoms with Crippen molar-refractivity contribution in [3.8, 4) is 10.6 Å². The van der Waals surface area contributed by atoms with Crippen LogP contribution in [0.15, 0.2) is 34.1 Å². The molecule has 5 heteroatoms. The molecular weight excluding hydrogens is 286 g/mol. The number of hydrogen-bond donors (Lipinski definition) is 0. The van der Waals surface area contributed by atoms with Gasteiger partial charge in [0.05, 0.1) is 24.8 Å². The number of thiazole rings is 1. The Labute approximate surface area is 126 Å². The van der Waals surface area contributed by atoms with Crippen LogP contribution >= 0.6 is 11.3 Å². The third-order valence-corrected chi connectivity index (χ3v) is 4.26. The number of furan rings is 1. The molecule has 21 heavy (non-hydrogen) atoms. The fourth-order valence-corrected chi connectivity index (χ4v) is 3.26. The number of ether oxygens (including phenoxy) is 1. The number of hydrogen-bond acceptors (Lipinski definition) is 5. The second-order valence-corrected chi connectivity index (χ2v) is 5.61. The minimum atomic E-state index is -0.213. The van der Waals surface area contributed by atoms with E-state index in [0.29, 0.717) is 12.8 Å². The van der Waals surface area contributed by atoms with Crippen molar-refractivity contribution in [3.05, 3.63) is 41.1 Å². The number of fused-ring (bicyclic) bond motifs is 1. The van der Waals surface area contributed by atoms with Crippen molar-refractivity contribution >= 4 is 28.3 Å². The predicted octanol–water partition coefficient (Wildman–Crippen LogP) is 3.97. The Balaban J connectivity index is 1.91. The molecule has 2 heterocycles. The molecule has 0 amide bonds. The van der Waals surface area contributed by atoms with Gasteiger partial charge in [-0.1, -0.05) is 18.2 Å². The van der Waals surface area contributed by atoms with Crippen LogP contribution in [0.4, 0.5) is 0 Å². The normalized spacial score (nSPS) is 11.0. The van der Waals surface area contributed by atoms with Gasteiger partial charge in [0.25, 0.3) is 0 Å². The van der Waals surface area contributed by atoms with Crippen molar-refractivity contribution in [2.24, 2.45) is 0 Å². The van der Waals surface area contributed by atoms with Crippen LogP contribution in [0.2, 0.25) is 0 Å². The summed E-state index contributed by atoms with van der Waals surface area (Å²) in [6.07, 6.45) is 0.947. The van der Waals surface area contributed by atoms with Gasteiger partial charge in [0.15, 0.2) is 0 Å². The Morgan fingerprint density at radius 3 is 3.00 bits per heavy atom. The van der Waals surface area contributed by atoms with E-state index in [1.54, 1.807) is 11.3 Å². The number of methoxy groups -OCH3 is 1. The van der Waals surface area contributed by atoms with Gasteiger partial charge in [-0.15, -0.1) is 11.3 Å². The molecule has 4 nitrogen and oxygen atoms in total. The molecule has 0 atom stereocenters. The maximum absolute atomic E-state index is 11.2. The van der Waals surface area contributed by atoms with Crippen LogP contribution in [0.3, 0.4) is 0 Å². The Kier molecular flexibility index (Phi) is 3.75. The second-order valence-electron chi connectivity index (χ2n) is 4.75. The maximum atomic E-state index is 11.2. The standard InChI is InChI=1S/C16H15NO3S/c1-10-15(12-5-3-4-6-13(12)20-10)16-17-11(9-21-16)7-8-14(18)19-2/h3-6,9H,7-8H2,1-2H3. The van der Waals surface area contributed by atoms with Gasteiger partial charge in [0.2, 0.25) is 0 Å². The lowest BCUT2D eigenvalue weighted by Crippen LogP contribution is -2.01. The van der Waals surface area contributed by atoms with E-state index in [1.165, 1.54) is 7.11 Å². The van der Waals surface area contributed by atoms with Gasteiger partial charge in [0.1, 0.15) is 16.4 Å². The lowest BCUT2D eigenvalue weighted by atomic mass is 10.1. The van der Waals surface area contributed by atoms with Gasteiger partial charge >= 0.3 is 5.97 Å². The van der Waals surface area contributed by atoms with E-state index >= 15 is 0 Å². The molecule has 0 aliphatic rings. The molecule has 0 aliphatic carbocycles. The number of benzene rings is 1. The summed E-state index contributed by atoms with van der Waals surface area (Å²) in [7, 11) is 1.40. The molecule has 108 valence electrons. The summed E-state index contributed by atoms with van der Waals surface area (Å²) in [4.78, 5) is 15.8. The molecule has 0 aliphatic heterocycles. The molecule has 0 saturated heterocycles. The average molecular weight is 301 g/mol. The largest absolute Gasteiger partial charge is 0.469 e. The smallest absolute Gasteiger partial charge is 0.305 e. The maximum Gasteiger partial charge on any atom is 0.305 e. The van der Waals surface area contributed by atoms with Crippen LogP contribution in [-0.4, -0.2) is 18.1 Å². The highest BCUT2D eigenvalue weighted by Gasteiger charge is 2.16. The zero-order chi connectivity index (χ0) is 14.8. The summed E-state index contributed by atoms with van der Waals surface area (Å²) in [5, 5.41) is 3.99. The number of rotatable bonds is 4. The molecule has 0 bridgehead atoms. The van der Waals surface area contributed by atoms with Crippen molar-refractivity contribution in [2.75, 3.05) is 7.11 Å². The molecule has 3 aromatic rings. The van der Waals surface area contributed by atoms with Gasteiger partial charge in [-0.3, -0.25) is 4.79 Å². The molecule has 0 spiro atoms. The topological polar surface area (TPSA) is 52.3 Å². The van der Waals surface area contributed by atoms with Crippen molar-refractivity contribution in [1.82, 2.24) is 4.98 Å². The van der Waals surface area contributed by atoms with Crippen LogP contribution in [0.1, 0.15) is 17.9 Å². The van der Waals surface area contributed by atoms with Crippen LogP contribution < -0.4 is 0 Å². The molecule has 1 aromatic carbocycles. The molecule has 2 aromatic heterocycles. The predicted molar refractivity (Wildman–Crippen MR) is 82.4 cm³/mol. The summed E-state index contributed by atoms with van der Waals surface area (Å²) in [5.74, 6) is 0.652. The summed E-state index contributed by atoms with van der Waals surface area (Å²) < 4.78 is 10.4. The van der Waals surface area contributed by atoms with E-state index in [4.69, 9.17) is 4.42 Å². The van der Waals surface area contributed by atoms with Crippen molar-refractivity contribution in [3.63, 3.8) is 0 Å². The van der Waals surface area contributed by atoms with E-state index in [2.05, 4.69) is 9.72 Å². The molecule has 0 fully saturated rings. The Hall–Kier alpha value is -2.14. The van der Waals surface area contributed by atoms with E-state index < -0.39 is 0 Å². The fourth-order valence-electron chi connectivity index (χ4n) is 2.30. The number of carbonyl (C=O) groups excluding carboxylic acids is 1. The number of aryl methyl sites for hydroxylation is 2. The first-order valence-corrected chi connectivity index (χ1v) is 7.56. The van der Waals surface area contributed by atoms with E-state index in [0.717, 1.165) is 33.0 Å². The van der Waals surface area contributed by atoms with E-state index in [1.807, 2.05) is 36.6 Å². The molecule has 0 radical (unpaired) electrons. The van der Waals surface area contributed by atoms with E-state index in [-0.39, 0.29) is 5.97 Å². The Morgan fingerprint density at radius 2 is 2.19 bits per heavy atom. The number of aromatic nitrogens is 1. The summed E-state index contributed by atoms with van der Waals surface area (Å²) in [5.41, 5.74) is 2.82. The average Bonchev–Trinajstić information content (AvgIpc) is 3.07. The minimum absolute atomic E-state index is 0.213. The fraction of sp³-hybridized carbons (Fsp3) is 0.250. The summed E-state index contributed by atoms with van der Waals surface area (Å²) in [6, 6.07) is 7.94. The molecule has 0 unspecified atom stereocenters. The van der Waals surface area contributed by atoms with Crippen molar-refractivity contribution < 1.29 is 13.9 Å². The Bertz CT molecular complexity index is 788. The van der Waals surface area contributed by atoms with Crippen LogP contribution in [0.5, 0.6) is 0 Å². The van der Waals surface area contributed by atoms with Gasteiger partial charge in [-0.25, -0.2) is 4.98 Å². The van der Waals surface area contributed by atoms with Crippen molar-refractivity contribution in [2.45, 2.75) is 19.8 Å². The van der Waals surface area contributed by atoms with Crippen LogP contribution in [-0.2, 0) is 16.0 Å². The summed E-state index contributed by atoms with van der Waals surface area (Å²) >= 11 is 1.57. The highest BCUT2D eigenvalue weighted by molar-refractivity contribution is 7.13. The number of esters is 1. The number of para-hydroxylation sites is 1. The number of nitrogens with zero attached hydrogens (tertiary/aromatic N) is 1. The number of carbonyl (C=O) groups is 1. The quantitative estimate of drug-likeness (QED) is 0.684. The zero-order valence-corrected chi connectivity index (χ0v) is 12.7. The molecule has 0 saturated carbocycles. The van der Waals surface area contributed by atoms with E-state index in [9.17, 15) is 4.79 Å². The SMILES string of the molecule is COC(=O)CCc1csc(-c2c(C)oc3ccccc23)n1. The highest BCUT2D eigenvalue weighted by atomic mass is 32.1. The highest BCUT2D eigenvalue weighted by Crippen LogP contribution is 2.36. The van der Waals surface area contributed by atoms with Gasteiger partial charge in [0, 0.05) is 17.2 Å². The first-order chi connectivity index (χ1) is 10.2. The zero-order valence-electron chi connectivity index (χ0n) is 11.9. The summed E-state index contributed by atoms with van der Waals surface area (Å²) in [6.45, 7) is 1.95. The first-order valence-electron chi connectivity index (χ1n) is 6.68. The van der Waals surface area contributed by atoms with Gasteiger partial charge in [-0.05, 0) is 13.0 Å². The monoisotopic (exact) mass is 301 g/mol. The minimum Gasteiger partial charge on any atom is -0.469 e. The van der Waals surface area contributed by atoms with Gasteiger partial charge in [-0.2, -0.15) is 0 Å². The Morgan fingerprint density at radius 1 is 1.38 bits per heavy atom. The first kappa shape index (κ1) is 13.8. The third-order valence-electron chi connectivity index (χ3n) is 3.35. The second kappa shape index (κ2) is 5.69. The molecule has 0 N–H and O–H groups in total. The third kappa shape index (κ3) is 2.69.